The molecule has 0 aromatic heterocycles. The van der Waals surface area contributed by atoms with Gasteiger partial charge in [-0.1, -0.05) is 51.1 Å². The number of hydrogen-bond acceptors (Lipinski definition) is 4. The van der Waals surface area contributed by atoms with Crippen molar-refractivity contribution in [2.45, 2.75) is 39.0 Å². The number of benzene rings is 3. The summed E-state index contributed by atoms with van der Waals surface area (Å²) >= 11 is 0. The molecule has 0 aliphatic carbocycles. The maximum Gasteiger partial charge on any atom is 0.307 e. The summed E-state index contributed by atoms with van der Waals surface area (Å²) in [5, 5.41) is 21.2. The summed E-state index contributed by atoms with van der Waals surface area (Å²) in [5.74, 6) is -0.345. The van der Waals surface area contributed by atoms with Crippen molar-refractivity contribution >= 4 is 11.9 Å². The van der Waals surface area contributed by atoms with Gasteiger partial charge in [-0.05, 0) is 64.9 Å². The molecule has 0 heterocycles. The maximum absolute atomic E-state index is 12.5. The smallest absolute Gasteiger partial charge is 0.307 e. The van der Waals surface area contributed by atoms with Crippen molar-refractivity contribution in [3.8, 4) is 17.6 Å². The fraction of sp³-hybridized carbons (Fsp3) is 0.250. The van der Waals surface area contributed by atoms with E-state index in [2.05, 4.69) is 50.4 Å². The van der Waals surface area contributed by atoms with E-state index >= 15 is 0 Å². The number of carboxylic acid groups (broad SMARTS) is 1. The Bertz CT molecular complexity index is 1200. The van der Waals surface area contributed by atoms with Crippen LogP contribution in [0.3, 0.4) is 0 Å². The Morgan fingerprint density at radius 3 is 2.21 bits per heavy atom. The van der Waals surface area contributed by atoms with Gasteiger partial charge in [-0.25, -0.2) is 0 Å². The Labute approximate surface area is 199 Å². The number of carboxylic acids is 1. The van der Waals surface area contributed by atoms with E-state index in [1.54, 1.807) is 36.4 Å². The van der Waals surface area contributed by atoms with Crippen LogP contribution in [0, 0.1) is 11.3 Å². The Hall–Kier alpha value is -4.11. The molecule has 0 aliphatic heterocycles. The van der Waals surface area contributed by atoms with Gasteiger partial charge in [-0.2, -0.15) is 5.26 Å². The summed E-state index contributed by atoms with van der Waals surface area (Å²) in [6, 6.07) is 21.8. The number of nitriles is 1. The van der Waals surface area contributed by atoms with Crippen LogP contribution in [-0.2, 0) is 23.1 Å². The van der Waals surface area contributed by atoms with Gasteiger partial charge in [-0.3, -0.25) is 9.59 Å². The average molecular weight is 457 g/mol. The third kappa shape index (κ3) is 6.69. The zero-order valence-electron chi connectivity index (χ0n) is 19.6. The van der Waals surface area contributed by atoms with Crippen LogP contribution >= 0.6 is 0 Å². The predicted molar refractivity (Wildman–Crippen MR) is 130 cm³/mol. The highest BCUT2D eigenvalue weighted by atomic mass is 16.5. The largest absolute Gasteiger partial charge is 0.481 e. The fourth-order valence-corrected chi connectivity index (χ4v) is 3.43. The van der Waals surface area contributed by atoms with Gasteiger partial charge in [0.25, 0.3) is 5.91 Å². The van der Waals surface area contributed by atoms with Gasteiger partial charge >= 0.3 is 5.97 Å². The van der Waals surface area contributed by atoms with Gasteiger partial charge in [0.2, 0.25) is 0 Å². The van der Waals surface area contributed by atoms with Gasteiger partial charge in [0.05, 0.1) is 12.0 Å². The molecule has 0 radical (unpaired) electrons. The van der Waals surface area contributed by atoms with E-state index in [4.69, 9.17) is 9.84 Å². The number of aliphatic carboxylic acids is 1. The van der Waals surface area contributed by atoms with Crippen molar-refractivity contribution in [3.63, 3.8) is 0 Å². The molecule has 0 bridgehead atoms. The Kier molecular flexibility index (Phi) is 7.70. The summed E-state index contributed by atoms with van der Waals surface area (Å²) in [4.78, 5) is 23.3. The molecular weight excluding hydrogens is 428 g/mol. The number of nitrogens with one attached hydrogen (secondary N) is 1. The third-order valence-corrected chi connectivity index (χ3v) is 5.38. The highest BCUT2D eigenvalue weighted by Gasteiger charge is 2.13. The first kappa shape index (κ1) is 24.5. The zero-order chi connectivity index (χ0) is 24.7. The summed E-state index contributed by atoms with van der Waals surface area (Å²) in [6.07, 6.45) is 0.577. The third-order valence-electron chi connectivity index (χ3n) is 5.38. The monoisotopic (exact) mass is 456 g/mol. The van der Waals surface area contributed by atoms with Crippen LogP contribution < -0.4 is 10.1 Å². The molecule has 0 saturated carbocycles. The van der Waals surface area contributed by atoms with Crippen LogP contribution in [0.4, 0.5) is 0 Å². The van der Waals surface area contributed by atoms with Gasteiger partial charge < -0.3 is 15.2 Å². The zero-order valence-corrected chi connectivity index (χ0v) is 19.6. The lowest BCUT2D eigenvalue weighted by Crippen LogP contribution is -2.25. The summed E-state index contributed by atoms with van der Waals surface area (Å²) in [6.45, 7) is 7.07. The van der Waals surface area contributed by atoms with Gasteiger partial charge in [0, 0.05) is 12.1 Å². The molecule has 6 heteroatoms. The molecule has 0 spiro atoms. The number of rotatable bonds is 8. The van der Waals surface area contributed by atoms with Crippen LogP contribution in [0.1, 0.15) is 53.4 Å². The predicted octanol–water partition coefficient (Wildman–Crippen LogP) is 5.25. The normalized spacial score (nSPS) is 10.9. The standard InChI is InChI=1S/C28H28N2O4/c1-28(2,3)23-9-4-19(5-10-23)14-15-30-27(33)21-7-11-24(12-8-21)34-25-13-6-20(17-26(31)32)16-22(25)18-29/h4-13,16H,14-15,17H2,1-3H3,(H,30,33)(H,31,32). The van der Waals surface area contributed by atoms with Gasteiger partial charge in [0.15, 0.2) is 0 Å². The van der Waals surface area contributed by atoms with E-state index in [0.717, 1.165) is 6.42 Å². The number of carbonyl (C=O) groups excluding carboxylic acids is 1. The summed E-state index contributed by atoms with van der Waals surface area (Å²) in [7, 11) is 0. The quantitative estimate of drug-likeness (QED) is 0.482. The lowest BCUT2D eigenvalue weighted by Gasteiger charge is -2.19. The van der Waals surface area contributed by atoms with Crippen LogP contribution in [0.15, 0.2) is 66.7 Å². The average Bonchev–Trinajstić information content (AvgIpc) is 2.80. The summed E-state index contributed by atoms with van der Waals surface area (Å²) in [5.41, 5.74) is 3.83. The minimum Gasteiger partial charge on any atom is -0.481 e. The Morgan fingerprint density at radius 1 is 0.971 bits per heavy atom. The van der Waals surface area contributed by atoms with Crippen LogP contribution in [0.5, 0.6) is 11.5 Å². The fourth-order valence-electron chi connectivity index (χ4n) is 3.43. The van der Waals surface area contributed by atoms with Crippen molar-refractivity contribution in [1.82, 2.24) is 5.32 Å². The second-order valence-corrected chi connectivity index (χ2v) is 9.09. The van der Waals surface area contributed by atoms with Gasteiger partial charge in [0.1, 0.15) is 17.6 Å². The molecule has 3 rings (SSSR count). The first-order valence-corrected chi connectivity index (χ1v) is 11.1. The number of nitrogens with zero attached hydrogens (tertiary/aromatic N) is 1. The topological polar surface area (TPSA) is 99.4 Å². The molecule has 0 fully saturated rings. The molecule has 34 heavy (non-hydrogen) atoms. The van der Waals surface area contributed by atoms with E-state index in [1.807, 2.05) is 6.07 Å². The number of hydrogen-bond donors (Lipinski definition) is 2. The highest BCUT2D eigenvalue weighted by Crippen LogP contribution is 2.26. The van der Waals surface area contributed by atoms with Crippen LogP contribution in [-0.4, -0.2) is 23.5 Å². The Morgan fingerprint density at radius 2 is 1.62 bits per heavy atom. The molecular formula is C28H28N2O4. The van der Waals surface area contributed by atoms with Crippen molar-refractivity contribution in [3.05, 3.63) is 94.5 Å². The molecule has 1 amide bonds. The van der Waals surface area contributed by atoms with E-state index in [9.17, 15) is 14.9 Å². The molecule has 2 N–H and O–H groups in total. The minimum absolute atomic E-state index is 0.114. The van der Waals surface area contributed by atoms with Crippen molar-refractivity contribution in [2.75, 3.05) is 6.54 Å². The number of ether oxygens (including phenoxy) is 1. The lowest BCUT2D eigenvalue weighted by molar-refractivity contribution is -0.136. The molecule has 0 aliphatic rings. The maximum atomic E-state index is 12.5. The molecule has 6 nitrogen and oxygen atoms in total. The number of amides is 1. The summed E-state index contributed by atoms with van der Waals surface area (Å²) < 4.78 is 5.77. The number of carbonyl (C=O) groups is 2. The Balaban J connectivity index is 1.55. The van der Waals surface area contributed by atoms with Crippen molar-refractivity contribution in [1.29, 1.82) is 5.26 Å². The first-order valence-electron chi connectivity index (χ1n) is 11.1. The molecule has 0 atom stereocenters. The first-order chi connectivity index (χ1) is 16.2. The molecule has 174 valence electrons. The van der Waals surface area contributed by atoms with Crippen molar-refractivity contribution in [2.24, 2.45) is 0 Å². The van der Waals surface area contributed by atoms with Crippen LogP contribution in [0.25, 0.3) is 0 Å². The minimum atomic E-state index is -0.968. The van der Waals surface area contributed by atoms with E-state index in [1.165, 1.54) is 17.2 Å². The molecule has 3 aromatic rings. The highest BCUT2D eigenvalue weighted by molar-refractivity contribution is 5.94. The van der Waals surface area contributed by atoms with E-state index < -0.39 is 5.97 Å². The molecule has 3 aromatic carbocycles. The van der Waals surface area contributed by atoms with Gasteiger partial charge in [-0.15, -0.1) is 0 Å². The van der Waals surface area contributed by atoms with Crippen LogP contribution in [0.2, 0.25) is 0 Å². The van der Waals surface area contributed by atoms with E-state index in [-0.39, 0.29) is 23.3 Å². The second kappa shape index (κ2) is 10.7. The molecule has 0 unspecified atom stereocenters. The molecule has 0 saturated heterocycles. The van der Waals surface area contributed by atoms with E-state index in [0.29, 0.717) is 29.2 Å². The van der Waals surface area contributed by atoms with Crippen molar-refractivity contribution < 1.29 is 19.4 Å². The second-order valence-electron chi connectivity index (χ2n) is 9.09. The SMILES string of the molecule is CC(C)(C)c1ccc(CCNC(=O)c2ccc(Oc3ccc(CC(=O)O)cc3C#N)cc2)cc1. The lowest BCUT2D eigenvalue weighted by atomic mass is 9.86.